The molecule has 0 saturated carbocycles. The van der Waals surface area contributed by atoms with Gasteiger partial charge in [-0.3, -0.25) is 14.5 Å². The molecule has 2 atom stereocenters. The van der Waals surface area contributed by atoms with Crippen LogP contribution in [0.3, 0.4) is 0 Å². The second-order valence-electron chi connectivity index (χ2n) is 8.55. The first-order chi connectivity index (χ1) is 14.9. The lowest BCUT2D eigenvalue weighted by molar-refractivity contribution is -0.139. The average Bonchev–Trinajstić information content (AvgIpc) is 3.17. The molecule has 0 radical (unpaired) electrons. The molecule has 3 heterocycles. The van der Waals surface area contributed by atoms with Crippen LogP contribution < -0.4 is 0 Å². The summed E-state index contributed by atoms with van der Waals surface area (Å²) < 4.78 is 15.2. The maximum atomic E-state index is 13.4. The number of carbonyl (C=O) groups excluding carboxylic acids is 1. The average molecular weight is 421 g/mol. The van der Waals surface area contributed by atoms with Gasteiger partial charge in [0.15, 0.2) is 0 Å². The lowest BCUT2D eigenvalue weighted by Gasteiger charge is -2.37. The zero-order valence-electron chi connectivity index (χ0n) is 18.4. The number of rotatable bonds is 5. The molecule has 0 bridgehead atoms. The van der Waals surface area contributed by atoms with Gasteiger partial charge in [0.05, 0.1) is 29.9 Å². The highest BCUT2D eigenvalue weighted by Gasteiger charge is 2.32. The molecule has 31 heavy (non-hydrogen) atoms. The van der Waals surface area contributed by atoms with E-state index in [-0.39, 0.29) is 23.7 Å². The Morgan fingerprint density at radius 1 is 1.10 bits per heavy atom. The first-order valence-corrected chi connectivity index (χ1v) is 11.0. The van der Waals surface area contributed by atoms with Gasteiger partial charge in [-0.2, -0.15) is 5.10 Å². The number of aromatic nitrogens is 3. The molecule has 3 aromatic rings. The molecule has 0 spiro atoms. The Morgan fingerprint density at radius 3 is 2.58 bits per heavy atom. The van der Waals surface area contributed by atoms with Crippen LogP contribution in [0.4, 0.5) is 4.39 Å². The standard InChI is InChI=1S/C25H29FN4O/c1-17(16-29-13-11-18(2)28-29)25(31)30-12-5-4-6-24(30)23-15-21(14-19(3)27-23)20-7-9-22(26)10-8-20/h7-11,13-15,17,24H,4-6,12,16H2,1-3H3/t17-,24+/m0/s1. The van der Waals surface area contributed by atoms with Crippen LogP contribution in [-0.2, 0) is 11.3 Å². The smallest absolute Gasteiger partial charge is 0.227 e. The summed E-state index contributed by atoms with van der Waals surface area (Å²) >= 11 is 0. The predicted octanol–water partition coefficient (Wildman–Crippen LogP) is 5.09. The second-order valence-corrected chi connectivity index (χ2v) is 8.55. The molecule has 5 nitrogen and oxygen atoms in total. The van der Waals surface area contributed by atoms with E-state index in [1.165, 1.54) is 12.1 Å². The lowest BCUT2D eigenvalue weighted by Crippen LogP contribution is -2.42. The number of halogens is 1. The number of hydrogen-bond donors (Lipinski definition) is 0. The summed E-state index contributed by atoms with van der Waals surface area (Å²) in [5.41, 5.74) is 4.71. The maximum Gasteiger partial charge on any atom is 0.227 e. The summed E-state index contributed by atoms with van der Waals surface area (Å²) in [6.07, 6.45) is 4.90. The molecule has 1 amide bonds. The molecule has 1 fully saturated rings. The topological polar surface area (TPSA) is 51.0 Å². The molecule has 162 valence electrons. The maximum absolute atomic E-state index is 13.4. The molecule has 6 heteroatoms. The van der Waals surface area contributed by atoms with Crippen molar-refractivity contribution < 1.29 is 9.18 Å². The van der Waals surface area contributed by atoms with E-state index in [1.807, 2.05) is 48.7 Å². The summed E-state index contributed by atoms with van der Waals surface area (Å²) in [5.74, 6) is -0.272. The Bertz CT molecular complexity index is 1060. The molecule has 0 aliphatic carbocycles. The minimum Gasteiger partial charge on any atom is -0.334 e. The minimum absolute atomic E-state index is 0.0397. The Hall–Kier alpha value is -3.02. The van der Waals surface area contributed by atoms with Gasteiger partial charge >= 0.3 is 0 Å². The van der Waals surface area contributed by atoms with E-state index in [1.54, 1.807) is 12.1 Å². The Labute approximate surface area is 182 Å². The van der Waals surface area contributed by atoms with Crippen molar-refractivity contribution in [3.05, 3.63) is 71.6 Å². The highest BCUT2D eigenvalue weighted by molar-refractivity contribution is 5.79. The van der Waals surface area contributed by atoms with Gasteiger partial charge in [0.1, 0.15) is 5.82 Å². The van der Waals surface area contributed by atoms with Gasteiger partial charge in [0, 0.05) is 18.4 Å². The molecule has 0 unspecified atom stereocenters. The van der Waals surface area contributed by atoms with E-state index in [4.69, 9.17) is 4.98 Å². The van der Waals surface area contributed by atoms with Crippen LogP contribution in [0, 0.1) is 25.6 Å². The second kappa shape index (κ2) is 9.00. The summed E-state index contributed by atoms with van der Waals surface area (Å²) in [5, 5.41) is 4.43. The summed E-state index contributed by atoms with van der Waals surface area (Å²) in [6.45, 7) is 7.20. The van der Waals surface area contributed by atoms with Crippen molar-refractivity contribution in [3.63, 3.8) is 0 Å². The van der Waals surface area contributed by atoms with Crippen molar-refractivity contribution >= 4 is 5.91 Å². The normalized spacial score (nSPS) is 17.5. The van der Waals surface area contributed by atoms with Gasteiger partial charge < -0.3 is 4.90 Å². The number of piperidine rings is 1. The summed E-state index contributed by atoms with van der Waals surface area (Å²) in [4.78, 5) is 20.2. The van der Waals surface area contributed by atoms with Gasteiger partial charge in [-0.05, 0) is 74.6 Å². The molecule has 1 aromatic carbocycles. The van der Waals surface area contributed by atoms with Crippen molar-refractivity contribution in [1.29, 1.82) is 0 Å². The molecular formula is C25H29FN4O. The lowest BCUT2D eigenvalue weighted by atomic mass is 9.94. The fourth-order valence-corrected chi connectivity index (χ4v) is 4.38. The van der Waals surface area contributed by atoms with Gasteiger partial charge in [0.25, 0.3) is 0 Å². The quantitative estimate of drug-likeness (QED) is 0.578. The highest BCUT2D eigenvalue weighted by atomic mass is 19.1. The molecule has 4 rings (SSSR count). The van der Waals surface area contributed by atoms with Gasteiger partial charge in [-0.1, -0.05) is 19.1 Å². The molecule has 0 N–H and O–H groups in total. The van der Waals surface area contributed by atoms with Crippen LogP contribution in [0.25, 0.3) is 11.1 Å². The van der Waals surface area contributed by atoms with Crippen LogP contribution >= 0.6 is 0 Å². The molecule has 1 aliphatic rings. The van der Waals surface area contributed by atoms with Crippen molar-refractivity contribution in [2.75, 3.05) is 6.54 Å². The first kappa shape index (κ1) is 21.2. The van der Waals surface area contributed by atoms with Crippen LogP contribution in [0.5, 0.6) is 0 Å². The number of benzene rings is 1. The third-order valence-corrected chi connectivity index (χ3v) is 5.93. The number of nitrogens with zero attached hydrogens (tertiary/aromatic N) is 4. The Morgan fingerprint density at radius 2 is 1.87 bits per heavy atom. The first-order valence-electron chi connectivity index (χ1n) is 11.0. The van der Waals surface area contributed by atoms with E-state index in [9.17, 15) is 9.18 Å². The Kier molecular flexibility index (Phi) is 6.16. The zero-order valence-corrected chi connectivity index (χ0v) is 18.4. The summed E-state index contributed by atoms with van der Waals surface area (Å²) in [7, 11) is 0. The molecule has 2 aromatic heterocycles. The fraction of sp³-hybridized carbons (Fsp3) is 0.400. The number of pyridine rings is 1. The number of amides is 1. The van der Waals surface area contributed by atoms with Crippen molar-refractivity contribution in [2.24, 2.45) is 5.92 Å². The molecule has 1 saturated heterocycles. The van der Waals surface area contributed by atoms with Crippen molar-refractivity contribution in [1.82, 2.24) is 19.7 Å². The number of carbonyl (C=O) groups is 1. The third-order valence-electron chi connectivity index (χ3n) is 5.93. The van der Waals surface area contributed by atoms with Crippen LogP contribution in [0.2, 0.25) is 0 Å². The molecular weight excluding hydrogens is 391 g/mol. The number of aryl methyl sites for hydroxylation is 2. The van der Waals surface area contributed by atoms with Crippen LogP contribution in [0.1, 0.15) is 49.3 Å². The van der Waals surface area contributed by atoms with Gasteiger partial charge in [-0.25, -0.2) is 4.39 Å². The van der Waals surface area contributed by atoms with E-state index in [0.29, 0.717) is 6.54 Å². The minimum atomic E-state index is -0.250. The SMILES string of the molecule is Cc1cc(-c2ccc(F)cc2)cc([C@H]2CCCCN2C(=O)[C@@H](C)Cn2ccc(C)n2)n1. The highest BCUT2D eigenvalue weighted by Crippen LogP contribution is 2.33. The van der Waals surface area contributed by atoms with E-state index in [0.717, 1.165) is 54.0 Å². The number of likely N-dealkylation sites (tertiary alicyclic amines) is 1. The van der Waals surface area contributed by atoms with E-state index < -0.39 is 0 Å². The number of hydrogen-bond acceptors (Lipinski definition) is 3. The van der Waals surface area contributed by atoms with Crippen LogP contribution in [0.15, 0.2) is 48.7 Å². The van der Waals surface area contributed by atoms with Crippen molar-refractivity contribution in [3.8, 4) is 11.1 Å². The third kappa shape index (κ3) is 4.84. The monoisotopic (exact) mass is 420 g/mol. The molecule has 1 aliphatic heterocycles. The summed E-state index contributed by atoms with van der Waals surface area (Å²) in [6, 6.07) is 12.5. The van der Waals surface area contributed by atoms with E-state index in [2.05, 4.69) is 11.2 Å². The van der Waals surface area contributed by atoms with Crippen molar-refractivity contribution in [2.45, 2.75) is 52.6 Å². The largest absolute Gasteiger partial charge is 0.334 e. The van der Waals surface area contributed by atoms with E-state index >= 15 is 0 Å². The van der Waals surface area contributed by atoms with Gasteiger partial charge in [0.2, 0.25) is 5.91 Å². The predicted molar refractivity (Wildman–Crippen MR) is 119 cm³/mol. The Balaban J connectivity index is 1.59. The zero-order chi connectivity index (χ0) is 22.0. The van der Waals surface area contributed by atoms with Gasteiger partial charge in [-0.15, -0.1) is 0 Å². The van der Waals surface area contributed by atoms with Crippen LogP contribution in [-0.4, -0.2) is 32.1 Å². The fourth-order valence-electron chi connectivity index (χ4n) is 4.38.